The summed E-state index contributed by atoms with van der Waals surface area (Å²) < 4.78 is 13.2. The van der Waals surface area contributed by atoms with E-state index in [1.807, 2.05) is 18.2 Å². The third-order valence-corrected chi connectivity index (χ3v) is 2.95. The summed E-state index contributed by atoms with van der Waals surface area (Å²) in [5.74, 6) is -1.03. The highest BCUT2D eigenvalue weighted by Crippen LogP contribution is 2.34. The molecule has 7 nitrogen and oxygen atoms in total. The van der Waals surface area contributed by atoms with E-state index in [-0.39, 0.29) is 12.7 Å². The van der Waals surface area contributed by atoms with E-state index in [9.17, 15) is 5.11 Å². The minimum atomic E-state index is -1.03. The molecule has 100 valence electrons. The number of pyridine rings is 1. The normalized spacial score (nSPS) is 26.7. The molecule has 2 aromatic heterocycles. The van der Waals surface area contributed by atoms with Crippen LogP contribution in [0.15, 0.2) is 37.1 Å². The summed E-state index contributed by atoms with van der Waals surface area (Å²) in [5.41, 5.74) is 0.654. The molecule has 2 atom stereocenters. The second-order valence-electron chi connectivity index (χ2n) is 4.29. The van der Waals surface area contributed by atoms with Crippen molar-refractivity contribution >= 4 is 0 Å². The number of hydrogen-bond donors (Lipinski definition) is 1. The van der Waals surface area contributed by atoms with Gasteiger partial charge in [0.05, 0.1) is 13.2 Å². The maximum absolute atomic E-state index is 9.21. The fourth-order valence-corrected chi connectivity index (χ4v) is 2.07. The number of rotatable bonds is 4. The highest BCUT2D eigenvalue weighted by Gasteiger charge is 2.45. The fourth-order valence-electron chi connectivity index (χ4n) is 2.07. The van der Waals surface area contributed by atoms with E-state index < -0.39 is 5.79 Å². The highest BCUT2D eigenvalue weighted by atomic mass is 16.7. The Morgan fingerprint density at radius 2 is 2.42 bits per heavy atom. The summed E-state index contributed by atoms with van der Waals surface area (Å²) in [6, 6.07) is 5.52. The Bertz CT molecular complexity index is 519. The lowest BCUT2D eigenvalue weighted by Crippen LogP contribution is -2.35. The molecule has 1 aliphatic heterocycles. The SMILES string of the molecule is OCC1COC(Cn2cncn2)(c2ccccn2)O1. The van der Waals surface area contributed by atoms with Crippen LogP contribution in [0.1, 0.15) is 5.69 Å². The van der Waals surface area contributed by atoms with Crippen molar-refractivity contribution in [3.05, 3.63) is 42.7 Å². The topological polar surface area (TPSA) is 82.3 Å². The quantitative estimate of drug-likeness (QED) is 0.830. The lowest BCUT2D eigenvalue weighted by molar-refractivity contribution is -0.194. The van der Waals surface area contributed by atoms with Crippen LogP contribution < -0.4 is 0 Å². The molecule has 0 amide bonds. The Hall–Kier alpha value is -1.83. The number of nitrogens with zero attached hydrogens (tertiary/aromatic N) is 4. The molecule has 2 unspecified atom stereocenters. The van der Waals surface area contributed by atoms with Gasteiger partial charge in [0.25, 0.3) is 0 Å². The van der Waals surface area contributed by atoms with Gasteiger partial charge < -0.3 is 14.6 Å². The van der Waals surface area contributed by atoms with Gasteiger partial charge in [-0.2, -0.15) is 5.10 Å². The van der Waals surface area contributed by atoms with Crippen LogP contribution in [0.5, 0.6) is 0 Å². The molecule has 0 aromatic carbocycles. The molecule has 19 heavy (non-hydrogen) atoms. The zero-order valence-electron chi connectivity index (χ0n) is 10.2. The van der Waals surface area contributed by atoms with E-state index in [1.165, 1.54) is 6.33 Å². The van der Waals surface area contributed by atoms with Gasteiger partial charge in [0, 0.05) is 6.20 Å². The average Bonchev–Trinajstić information content (AvgIpc) is 3.10. The van der Waals surface area contributed by atoms with E-state index in [4.69, 9.17) is 9.47 Å². The smallest absolute Gasteiger partial charge is 0.233 e. The summed E-state index contributed by atoms with van der Waals surface area (Å²) in [6.45, 7) is 0.564. The van der Waals surface area contributed by atoms with E-state index in [2.05, 4.69) is 15.1 Å². The monoisotopic (exact) mass is 262 g/mol. The van der Waals surface area contributed by atoms with Gasteiger partial charge in [-0.3, -0.25) is 4.98 Å². The van der Waals surface area contributed by atoms with Crippen molar-refractivity contribution in [1.29, 1.82) is 0 Å². The average molecular weight is 262 g/mol. The summed E-state index contributed by atoms with van der Waals surface area (Å²) in [6.07, 6.45) is 4.36. The predicted molar refractivity (Wildman–Crippen MR) is 63.8 cm³/mol. The molecule has 0 aliphatic carbocycles. The van der Waals surface area contributed by atoms with Crippen LogP contribution in [0.3, 0.4) is 0 Å². The maximum atomic E-state index is 9.21. The molecule has 1 saturated heterocycles. The van der Waals surface area contributed by atoms with Crippen LogP contribution in [0.25, 0.3) is 0 Å². The largest absolute Gasteiger partial charge is 0.394 e. The maximum Gasteiger partial charge on any atom is 0.233 e. The van der Waals surface area contributed by atoms with Crippen LogP contribution >= 0.6 is 0 Å². The summed E-state index contributed by atoms with van der Waals surface area (Å²) in [5, 5.41) is 13.3. The van der Waals surface area contributed by atoms with Crippen molar-refractivity contribution in [3.63, 3.8) is 0 Å². The number of ether oxygens (including phenoxy) is 2. The Kier molecular flexibility index (Phi) is 3.24. The molecular formula is C12H14N4O3. The van der Waals surface area contributed by atoms with Crippen LogP contribution in [0.4, 0.5) is 0 Å². The molecule has 0 spiro atoms. The lowest BCUT2D eigenvalue weighted by atomic mass is 10.1. The third kappa shape index (κ3) is 2.35. The molecular weight excluding hydrogens is 248 g/mol. The minimum absolute atomic E-state index is 0.0913. The van der Waals surface area contributed by atoms with E-state index >= 15 is 0 Å². The summed E-state index contributed by atoms with van der Waals surface area (Å²) in [7, 11) is 0. The molecule has 0 radical (unpaired) electrons. The summed E-state index contributed by atoms with van der Waals surface area (Å²) >= 11 is 0. The Morgan fingerprint density at radius 3 is 3.05 bits per heavy atom. The first-order valence-corrected chi connectivity index (χ1v) is 5.99. The molecule has 3 heterocycles. The second-order valence-corrected chi connectivity index (χ2v) is 4.29. The Labute approximate surface area is 109 Å². The van der Waals surface area contributed by atoms with Crippen molar-refractivity contribution in [1.82, 2.24) is 19.7 Å². The van der Waals surface area contributed by atoms with Gasteiger partial charge >= 0.3 is 0 Å². The standard InChI is InChI=1S/C12H14N4O3/c17-5-10-6-18-12(19-10,7-16-9-13-8-15-16)11-3-1-2-4-14-11/h1-4,8-10,17H,5-7H2. The molecule has 2 aromatic rings. The van der Waals surface area contributed by atoms with Gasteiger partial charge in [0.2, 0.25) is 5.79 Å². The lowest BCUT2D eigenvalue weighted by Gasteiger charge is -2.26. The van der Waals surface area contributed by atoms with Crippen LogP contribution in [0.2, 0.25) is 0 Å². The number of aliphatic hydroxyl groups is 1. The van der Waals surface area contributed by atoms with Crippen molar-refractivity contribution in [2.45, 2.75) is 18.4 Å². The molecule has 0 saturated carbocycles. The number of aromatic nitrogens is 4. The molecule has 1 N–H and O–H groups in total. The molecule has 3 rings (SSSR count). The first-order valence-electron chi connectivity index (χ1n) is 5.99. The van der Waals surface area contributed by atoms with Crippen LogP contribution in [-0.4, -0.2) is 44.2 Å². The Balaban J connectivity index is 1.92. The zero-order chi connectivity index (χ0) is 13.1. The van der Waals surface area contributed by atoms with Crippen molar-refractivity contribution in [3.8, 4) is 0 Å². The van der Waals surface area contributed by atoms with Gasteiger partial charge in [-0.25, -0.2) is 9.67 Å². The summed E-state index contributed by atoms with van der Waals surface area (Å²) in [4.78, 5) is 8.19. The molecule has 1 aliphatic rings. The van der Waals surface area contributed by atoms with E-state index in [0.29, 0.717) is 18.8 Å². The number of aliphatic hydroxyl groups excluding tert-OH is 1. The first kappa shape index (κ1) is 12.2. The van der Waals surface area contributed by atoms with Crippen molar-refractivity contribution in [2.75, 3.05) is 13.2 Å². The molecule has 0 bridgehead atoms. The first-order chi connectivity index (χ1) is 9.32. The molecule has 7 heteroatoms. The second kappa shape index (κ2) is 5.04. The van der Waals surface area contributed by atoms with Gasteiger partial charge in [-0.05, 0) is 12.1 Å². The Morgan fingerprint density at radius 1 is 1.47 bits per heavy atom. The van der Waals surface area contributed by atoms with Crippen molar-refractivity contribution in [2.24, 2.45) is 0 Å². The molecule has 1 fully saturated rings. The zero-order valence-corrected chi connectivity index (χ0v) is 10.2. The van der Waals surface area contributed by atoms with Gasteiger partial charge in [0.1, 0.15) is 31.0 Å². The fraction of sp³-hybridized carbons (Fsp3) is 0.417. The van der Waals surface area contributed by atoms with Crippen LogP contribution in [-0.2, 0) is 21.8 Å². The minimum Gasteiger partial charge on any atom is -0.394 e. The van der Waals surface area contributed by atoms with Gasteiger partial charge in [-0.1, -0.05) is 6.07 Å². The third-order valence-electron chi connectivity index (χ3n) is 2.95. The van der Waals surface area contributed by atoms with Gasteiger partial charge in [0.15, 0.2) is 0 Å². The van der Waals surface area contributed by atoms with Crippen molar-refractivity contribution < 1.29 is 14.6 Å². The van der Waals surface area contributed by atoms with Crippen LogP contribution in [0, 0.1) is 0 Å². The predicted octanol–water partition coefficient (Wildman–Crippen LogP) is -0.0662. The highest BCUT2D eigenvalue weighted by molar-refractivity contribution is 5.11. The van der Waals surface area contributed by atoms with Gasteiger partial charge in [-0.15, -0.1) is 0 Å². The number of hydrogen-bond acceptors (Lipinski definition) is 6. The van der Waals surface area contributed by atoms with E-state index in [1.54, 1.807) is 17.2 Å². The van der Waals surface area contributed by atoms with E-state index in [0.717, 1.165) is 0 Å².